The summed E-state index contributed by atoms with van der Waals surface area (Å²) >= 11 is 0. The molecule has 0 aliphatic carbocycles. The highest BCUT2D eigenvalue weighted by molar-refractivity contribution is 5.69. The van der Waals surface area contributed by atoms with Gasteiger partial charge in [-0.25, -0.2) is 4.98 Å². The van der Waals surface area contributed by atoms with Crippen LogP contribution in [0.15, 0.2) is 35.5 Å². The average molecular weight is 367 g/mol. The van der Waals surface area contributed by atoms with E-state index in [0.717, 1.165) is 38.1 Å². The van der Waals surface area contributed by atoms with Gasteiger partial charge in [-0.1, -0.05) is 0 Å². The van der Waals surface area contributed by atoms with E-state index in [9.17, 15) is 23.1 Å². The highest BCUT2D eigenvalue weighted by Crippen LogP contribution is 2.35. The largest absolute Gasteiger partial charge is 0.507 e. The van der Waals surface area contributed by atoms with Gasteiger partial charge in [0.2, 0.25) is 0 Å². The Morgan fingerprint density at radius 3 is 2.73 bits per heavy atom. The zero-order chi connectivity index (χ0) is 18.9. The number of rotatable bonds is 3. The third-order valence-corrected chi connectivity index (χ3v) is 4.69. The topological polar surface area (TPSA) is 58.4 Å². The molecule has 0 radical (unpaired) electrons. The number of phenolic OH excluding ortho intramolecular Hbond substituents is 1. The fraction of sp³-hybridized carbons (Fsp3) is 0.444. The molecule has 0 unspecified atom stereocenters. The summed E-state index contributed by atoms with van der Waals surface area (Å²) in [6, 6.07) is 2.58. The van der Waals surface area contributed by atoms with E-state index in [1.54, 1.807) is 0 Å². The minimum Gasteiger partial charge on any atom is -0.507 e. The summed E-state index contributed by atoms with van der Waals surface area (Å²) in [4.78, 5) is 19.0. The molecule has 1 aromatic heterocycles. The Hall–Kier alpha value is -2.35. The van der Waals surface area contributed by atoms with Crippen molar-refractivity contribution in [3.05, 3.63) is 46.6 Å². The lowest BCUT2D eigenvalue weighted by Crippen LogP contribution is -2.36. The molecule has 0 saturated carbocycles. The maximum absolute atomic E-state index is 12.7. The van der Waals surface area contributed by atoms with Crippen LogP contribution in [0.5, 0.6) is 5.75 Å². The SMILES string of the molecule is CN1CCC[C@@H](Cn2cncc(-c3ccc(C(F)(F)F)cc3O)c2=O)C1. The lowest BCUT2D eigenvalue weighted by atomic mass is 9.98. The average Bonchev–Trinajstić information content (AvgIpc) is 2.56. The number of likely N-dealkylation sites (tertiary alicyclic amines) is 1. The number of phenols is 1. The normalized spacial score (nSPS) is 18.8. The number of aromatic hydroxyl groups is 1. The fourth-order valence-corrected chi connectivity index (χ4v) is 3.40. The van der Waals surface area contributed by atoms with Gasteiger partial charge in [-0.05, 0) is 50.6 Å². The molecule has 2 heterocycles. The van der Waals surface area contributed by atoms with E-state index >= 15 is 0 Å². The molecule has 1 aliphatic rings. The fourth-order valence-electron chi connectivity index (χ4n) is 3.40. The van der Waals surface area contributed by atoms with E-state index in [1.807, 2.05) is 7.05 Å². The number of hydrogen-bond acceptors (Lipinski definition) is 4. The molecular weight excluding hydrogens is 347 g/mol. The van der Waals surface area contributed by atoms with Crippen molar-refractivity contribution in [3.8, 4) is 16.9 Å². The van der Waals surface area contributed by atoms with Crippen molar-refractivity contribution in [2.24, 2.45) is 5.92 Å². The van der Waals surface area contributed by atoms with Crippen LogP contribution in [0.2, 0.25) is 0 Å². The summed E-state index contributed by atoms with van der Waals surface area (Å²) in [6.07, 6.45) is 0.211. The van der Waals surface area contributed by atoms with Gasteiger partial charge in [0.25, 0.3) is 5.56 Å². The van der Waals surface area contributed by atoms with E-state index in [4.69, 9.17) is 0 Å². The first-order chi connectivity index (χ1) is 12.3. The highest BCUT2D eigenvalue weighted by atomic mass is 19.4. The molecule has 0 spiro atoms. The molecule has 0 bridgehead atoms. The molecule has 8 heteroatoms. The second-order valence-corrected chi connectivity index (χ2v) is 6.77. The number of piperidine rings is 1. The zero-order valence-corrected chi connectivity index (χ0v) is 14.3. The minimum atomic E-state index is -4.56. The first kappa shape index (κ1) is 18.4. The maximum atomic E-state index is 12.7. The summed E-state index contributed by atoms with van der Waals surface area (Å²) in [7, 11) is 2.03. The highest BCUT2D eigenvalue weighted by Gasteiger charge is 2.31. The van der Waals surface area contributed by atoms with Crippen molar-refractivity contribution in [3.63, 3.8) is 0 Å². The van der Waals surface area contributed by atoms with E-state index in [0.29, 0.717) is 18.5 Å². The first-order valence-corrected chi connectivity index (χ1v) is 8.39. The van der Waals surface area contributed by atoms with Crippen molar-refractivity contribution < 1.29 is 18.3 Å². The summed E-state index contributed by atoms with van der Waals surface area (Å²) in [5.41, 5.74) is -1.20. The Kier molecular flexibility index (Phi) is 5.04. The Morgan fingerprint density at radius 2 is 2.08 bits per heavy atom. The van der Waals surface area contributed by atoms with Gasteiger partial charge in [0.15, 0.2) is 0 Å². The van der Waals surface area contributed by atoms with Gasteiger partial charge in [-0.15, -0.1) is 0 Å². The van der Waals surface area contributed by atoms with Crippen molar-refractivity contribution >= 4 is 0 Å². The van der Waals surface area contributed by atoms with Crippen molar-refractivity contribution in [2.45, 2.75) is 25.6 Å². The molecule has 1 atom stereocenters. The van der Waals surface area contributed by atoms with Crippen LogP contribution in [0, 0.1) is 5.92 Å². The van der Waals surface area contributed by atoms with Crippen LogP contribution in [0.1, 0.15) is 18.4 Å². The Balaban J connectivity index is 1.91. The molecule has 1 fully saturated rings. The van der Waals surface area contributed by atoms with E-state index < -0.39 is 17.5 Å². The van der Waals surface area contributed by atoms with Crippen LogP contribution in [0.25, 0.3) is 11.1 Å². The number of aromatic nitrogens is 2. The predicted molar refractivity (Wildman–Crippen MR) is 90.8 cm³/mol. The van der Waals surface area contributed by atoms with E-state index in [-0.39, 0.29) is 16.7 Å². The lowest BCUT2D eigenvalue weighted by Gasteiger charge is -2.29. The van der Waals surface area contributed by atoms with Gasteiger partial charge in [0.1, 0.15) is 5.75 Å². The summed E-state index contributed by atoms with van der Waals surface area (Å²) in [6.45, 7) is 2.40. The van der Waals surface area contributed by atoms with E-state index in [2.05, 4.69) is 9.88 Å². The van der Waals surface area contributed by atoms with Crippen LogP contribution in [0.3, 0.4) is 0 Å². The summed E-state index contributed by atoms with van der Waals surface area (Å²) in [5.74, 6) is -0.279. The second kappa shape index (κ2) is 7.11. The Bertz CT molecular complexity index is 848. The third-order valence-electron chi connectivity index (χ3n) is 4.69. The molecule has 1 saturated heterocycles. The van der Waals surface area contributed by atoms with Crippen LogP contribution in [-0.4, -0.2) is 39.7 Å². The monoisotopic (exact) mass is 367 g/mol. The van der Waals surface area contributed by atoms with Gasteiger partial charge >= 0.3 is 6.18 Å². The molecule has 140 valence electrons. The van der Waals surface area contributed by atoms with Crippen molar-refractivity contribution in [1.82, 2.24) is 14.5 Å². The Morgan fingerprint density at radius 1 is 1.31 bits per heavy atom. The van der Waals surface area contributed by atoms with E-state index in [1.165, 1.54) is 17.1 Å². The van der Waals surface area contributed by atoms with Gasteiger partial charge in [0, 0.05) is 24.8 Å². The van der Waals surface area contributed by atoms with Gasteiger partial charge in [0.05, 0.1) is 17.5 Å². The Labute approximate surface area is 148 Å². The zero-order valence-electron chi connectivity index (χ0n) is 14.3. The quantitative estimate of drug-likeness (QED) is 0.906. The number of nitrogens with zero attached hydrogens (tertiary/aromatic N) is 3. The number of benzene rings is 1. The molecule has 1 N–H and O–H groups in total. The predicted octanol–water partition coefficient (Wildman–Crippen LogP) is 2.98. The van der Waals surface area contributed by atoms with Crippen LogP contribution in [0.4, 0.5) is 13.2 Å². The number of hydrogen-bond donors (Lipinski definition) is 1. The molecular formula is C18H20F3N3O2. The standard InChI is InChI=1S/C18H20F3N3O2/c1-23-6-2-3-12(9-23)10-24-11-22-8-15(17(24)26)14-5-4-13(7-16(14)25)18(19,20)21/h4-5,7-8,11-12,25H,2-3,6,9-10H2,1H3/t12-/m1/s1. The molecule has 3 rings (SSSR count). The van der Waals surface area contributed by atoms with Crippen LogP contribution >= 0.6 is 0 Å². The van der Waals surface area contributed by atoms with Crippen molar-refractivity contribution in [2.75, 3.05) is 20.1 Å². The molecule has 5 nitrogen and oxygen atoms in total. The van der Waals surface area contributed by atoms with Gasteiger partial charge < -0.3 is 10.0 Å². The third kappa shape index (κ3) is 3.90. The summed E-state index contributed by atoms with van der Waals surface area (Å²) in [5, 5.41) is 10.00. The molecule has 2 aromatic rings. The van der Waals surface area contributed by atoms with Crippen molar-refractivity contribution in [1.29, 1.82) is 0 Å². The molecule has 26 heavy (non-hydrogen) atoms. The minimum absolute atomic E-state index is 0.0469. The first-order valence-electron chi connectivity index (χ1n) is 8.39. The lowest BCUT2D eigenvalue weighted by molar-refractivity contribution is -0.137. The molecule has 0 amide bonds. The smallest absolute Gasteiger partial charge is 0.416 e. The van der Waals surface area contributed by atoms with Gasteiger partial charge in [-0.2, -0.15) is 13.2 Å². The number of halogens is 3. The molecule has 1 aliphatic heterocycles. The second-order valence-electron chi connectivity index (χ2n) is 6.77. The maximum Gasteiger partial charge on any atom is 0.416 e. The molecule has 1 aromatic carbocycles. The van der Waals surface area contributed by atoms with Gasteiger partial charge in [-0.3, -0.25) is 9.36 Å². The van der Waals surface area contributed by atoms with Crippen LogP contribution in [-0.2, 0) is 12.7 Å². The summed E-state index contributed by atoms with van der Waals surface area (Å²) < 4.78 is 39.7. The number of alkyl halides is 3. The van der Waals surface area contributed by atoms with Crippen LogP contribution < -0.4 is 5.56 Å².